The third kappa shape index (κ3) is 3.87. The first-order valence-corrected chi connectivity index (χ1v) is 7.89. The van der Waals surface area contributed by atoms with Crippen LogP contribution in [0.15, 0.2) is 42.7 Å². The molecule has 2 heterocycles. The number of imidazole rings is 1. The van der Waals surface area contributed by atoms with Gasteiger partial charge in [0.25, 0.3) is 0 Å². The van der Waals surface area contributed by atoms with Crippen LogP contribution >= 0.6 is 0 Å². The predicted molar refractivity (Wildman–Crippen MR) is 88.0 cm³/mol. The molecule has 1 aromatic carbocycles. The Morgan fingerprint density at radius 1 is 1.18 bits per heavy atom. The van der Waals surface area contributed by atoms with Gasteiger partial charge in [0, 0.05) is 51.3 Å². The number of aryl methyl sites for hydroxylation is 1. The Hall–Kier alpha value is -1.85. The summed E-state index contributed by atoms with van der Waals surface area (Å²) in [6.07, 6.45) is 3.86. The van der Waals surface area contributed by atoms with Crippen LogP contribution in [-0.4, -0.2) is 53.8 Å². The van der Waals surface area contributed by atoms with Crippen LogP contribution < -0.4 is 4.90 Å². The fraction of sp³-hybridized carbons (Fsp3) is 0.471. The van der Waals surface area contributed by atoms with Crippen molar-refractivity contribution < 1.29 is 4.74 Å². The Morgan fingerprint density at radius 2 is 1.95 bits per heavy atom. The number of nitrogens with zero attached hydrogens (tertiary/aromatic N) is 4. The molecule has 1 aromatic heterocycles. The number of hydrogen-bond acceptors (Lipinski definition) is 4. The van der Waals surface area contributed by atoms with Crippen LogP contribution in [0.5, 0.6) is 0 Å². The molecule has 5 heteroatoms. The predicted octanol–water partition coefficient (Wildman–Crippen LogP) is 1.76. The Balaban J connectivity index is 1.67. The molecule has 22 heavy (non-hydrogen) atoms. The van der Waals surface area contributed by atoms with E-state index in [0.29, 0.717) is 0 Å². The summed E-state index contributed by atoms with van der Waals surface area (Å²) in [5.41, 5.74) is 1.25. The lowest BCUT2D eigenvalue weighted by molar-refractivity contribution is 0.0391. The average Bonchev–Trinajstić information content (AvgIpc) is 2.98. The first kappa shape index (κ1) is 15.1. The molecule has 0 unspecified atom stereocenters. The number of benzene rings is 1. The highest BCUT2D eigenvalue weighted by Crippen LogP contribution is 2.16. The molecule has 0 amide bonds. The van der Waals surface area contributed by atoms with E-state index in [1.807, 2.05) is 19.4 Å². The van der Waals surface area contributed by atoms with E-state index in [4.69, 9.17) is 4.74 Å². The molecule has 0 radical (unpaired) electrons. The fourth-order valence-electron chi connectivity index (χ4n) is 2.74. The van der Waals surface area contributed by atoms with Crippen molar-refractivity contribution in [2.75, 3.05) is 44.3 Å². The van der Waals surface area contributed by atoms with E-state index in [1.165, 1.54) is 5.69 Å². The quantitative estimate of drug-likeness (QED) is 0.814. The van der Waals surface area contributed by atoms with E-state index < -0.39 is 0 Å². The van der Waals surface area contributed by atoms with Gasteiger partial charge in [-0.15, -0.1) is 0 Å². The summed E-state index contributed by atoms with van der Waals surface area (Å²) in [7, 11) is 2.05. The molecule has 0 N–H and O–H groups in total. The molecule has 1 saturated heterocycles. The summed E-state index contributed by atoms with van der Waals surface area (Å²) < 4.78 is 7.51. The van der Waals surface area contributed by atoms with Crippen molar-refractivity contribution in [3.05, 3.63) is 48.5 Å². The minimum Gasteiger partial charge on any atom is -0.379 e. The summed E-state index contributed by atoms with van der Waals surface area (Å²) >= 11 is 0. The van der Waals surface area contributed by atoms with Gasteiger partial charge in [-0.2, -0.15) is 0 Å². The molecule has 118 valence electrons. The maximum atomic E-state index is 5.42. The molecule has 0 saturated carbocycles. The van der Waals surface area contributed by atoms with Crippen LogP contribution in [0.1, 0.15) is 5.82 Å². The van der Waals surface area contributed by atoms with Crippen molar-refractivity contribution in [3.8, 4) is 0 Å². The van der Waals surface area contributed by atoms with E-state index >= 15 is 0 Å². The highest BCUT2D eigenvalue weighted by atomic mass is 16.5. The molecule has 1 fully saturated rings. The van der Waals surface area contributed by atoms with Crippen molar-refractivity contribution >= 4 is 5.69 Å². The standard InChI is InChI=1S/C17H24N4O/c1-19-8-7-18-17(19)15-21(16-5-3-2-4-6-16)10-9-20-11-13-22-14-12-20/h2-8H,9-15H2,1H3. The lowest BCUT2D eigenvalue weighted by atomic mass is 10.2. The molecule has 5 nitrogen and oxygen atoms in total. The van der Waals surface area contributed by atoms with Gasteiger partial charge in [0.1, 0.15) is 5.82 Å². The van der Waals surface area contributed by atoms with Gasteiger partial charge in [-0.25, -0.2) is 4.98 Å². The maximum absolute atomic E-state index is 5.42. The summed E-state index contributed by atoms with van der Waals surface area (Å²) in [6.45, 7) is 6.66. The smallest absolute Gasteiger partial charge is 0.127 e. The monoisotopic (exact) mass is 300 g/mol. The van der Waals surface area contributed by atoms with E-state index in [9.17, 15) is 0 Å². The molecule has 0 bridgehead atoms. The minimum atomic E-state index is 0.831. The summed E-state index contributed by atoms with van der Waals surface area (Å²) in [5, 5.41) is 0. The van der Waals surface area contributed by atoms with E-state index in [-0.39, 0.29) is 0 Å². The van der Waals surface area contributed by atoms with E-state index in [1.54, 1.807) is 0 Å². The fourth-order valence-corrected chi connectivity index (χ4v) is 2.74. The highest BCUT2D eigenvalue weighted by Gasteiger charge is 2.14. The molecule has 0 aliphatic carbocycles. The SMILES string of the molecule is Cn1ccnc1CN(CCN1CCOCC1)c1ccccc1. The number of rotatable bonds is 6. The van der Waals surface area contributed by atoms with Crippen LogP contribution in [0.4, 0.5) is 5.69 Å². The molecule has 0 atom stereocenters. The molecular weight excluding hydrogens is 276 g/mol. The Bertz CT molecular complexity index is 563. The number of hydrogen-bond donors (Lipinski definition) is 0. The zero-order valence-electron chi connectivity index (χ0n) is 13.2. The van der Waals surface area contributed by atoms with Gasteiger partial charge in [0.05, 0.1) is 19.8 Å². The first-order valence-electron chi connectivity index (χ1n) is 7.89. The largest absolute Gasteiger partial charge is 0.379 e. The van der Waals surface area contributed by atoms with Gasteiger partial charge < -0.3 is 14.2 Å². The molecular formula is C17H24N4O. The van der Waals surface area contributed by atoms with Crippen molar-refractivity contribution in [2.45, 2.75) is 6.54 Å². The first-order chi connectivity index (χ1) is 10.8. The van der Waals surface area contributed by atoms with Crippen molar-refractivity contribution in [1.82, 2.24) is 14.5 Å². The van der Waals surface area contributed by atoms with Gasteiger partial charge in [-0.05, 0) is 12.1 Å². The number of ether oxygens (including phenoxy) is 1. The maximum Gasteiger partial charge on any atom is 0.127 e. The van der Waals surface area contributed by atoms with Crippen LogP contribution in [0.2, 0.25) is 0 Å². The third-order valence-electron chi connectivity index (χ3n) is 4.16. The molecule has 0 spiro atoms. The zero-order valence-corrected chi connectivity index (χ0v) is 13.2. The topological polar surface area (TPSA) is 33.5 Å². The summed E-state index contributed by atoms with van der Waals surface area (Å²) in [5.74, 6) is 1.09. The van der Waals surface area contributed by atoms with Crippen LogP contribution in [-0.2, 0) is 18.3 Å². The summed E-state index contributed by atoms with van der Waals surface area (Å²) in [4.78, 5) is 9.33. The normalized spacial score (nSPS) is 15.9. The van der Waals surface area contributed by atoms with Crippen molar-refractivity contribution in [3.63, 3.8) is 0 Å². The molecule has 2 aromatic rings. The van der Waals surface area contributed by atoms with Crippen LogP contribution in [0, 0.1) is 0 Å². The van der Waals surface area contributed by atoms with Crippen LogP contribution in [0.3, 0.4) is 0 Å². The second kappa shape index (κ2) is 7.42. The van der Waals surface area contributed by atoms with Gasteiger partial charge in [0.2, 0.25) is 0 Å². The van der Waals surface area contributed by atoms with E-state index in [0.717, 1.165) is 51.8 Å². The number of aromatic nitrogens is 2. The number of morpholine rings is 1. The second-order valence-electron chi connectivity index (χ2n) is 5.67. The third-order valence-corrected chi connectivity index (χ3v) is 4.16. The Kier molecular flexibility index (Phi) is 5.08. The average molecular weight is 300 g/mol. The molecule has 1 aliphatic heterocycles. The summed E-state index contributed by atoms with van der Waals surface area (Å²) in [6, 6.07) is 10.6. The zero-order chi connectivity index (χ0) is 15.2. The molecule has 3 rings (SSSR count). The van der Waals surface area contributed by atoms with E-state index in [2.05, 4.69) is 49.7 Å². The van der Waals surface area contributed by atoms with Crippen molar-refractivity contribution in [1.29, 1.82) is 0 Å². The van der Waals surface area contributed by atoms with Crippen molar-refractivity contribution in [2.24, 2.45) is 7.05 Å². The second-order valence-corrected chi connectivity index (χ2v) is 5.67. The van der Waals surface area contributed by atoms with Gasteiger partial charge in [-0.1, -0.05) is 18.2 Å². The number of para-hydroxylation sites is 1. The minimum absolute atomic E-state index is 0.831. The van der Waals surface area contributed by atoms with Gasteiger partial charge in [0.15, 0.2) is 0 Å². The highest BCUT2D eigenvalue weighted by molar-refractivity contribution is 5.46. The Morgan fingerprint density at radius 3 is 2.64 bits per heavy atom. The lowest BCUT2D eigenvalue weighted by Gasteiger charge is -2.31. The van der Waals surface area contributed by atoms with Gasteiger partial charge >= 0.3 is 0 Å². The lowest BCUT2D eigenvalue weighted by Crippen LogP contribution is -2.41. The Labute approximate surface area is 132 Å². The van der Waals surface area contributed by atoms with Gasteiger partial charge in [-0.3, -0.25) is 4.90 Å². The number of anilines is 1. The molecule has 1 aliphatic rings. The van der Waals surface area contributed by atoms with Crippen LogP contribution in [0.25, 0.3) is 0 Å².